The molecule has 0 aliphatic heterocycles. The SMILES string of the molecule is COC([O])Cc1cc(Cl)ccc1Cl. The van der Waals surface area contributed by atoms with E-state index in [4.69, 9.17) is 23.2 Å². The van der Waals surface area contributed by atoms with E-state index >= 15 is 0 Å². The highest BCUT2D eigenvalue weighted by molar-refractivity contribution is 6.33. The summed E-state index contributed by atoms with van der Waals surface area (Å²) >= 11 is 11.6. The topological polar surface area (TPSA) is 29.1 Å². The standard InChI is InChI=1S/C9H9Cl2O2/c1-13-9(12)5-6-4-7(10)2-3-8(6)11/h2-4,9H,5H2,1H3. The average molecular weight is 220 g/mol. The van der Waals surface area contributed by atoms with Gasteiger partial charge in [-0.2, -0.15) is 0 Å². The van der Waals surface area contributed by atoms with E-state index < -0.39 is 6.29 Å². The highest BCUT2D eigenvalue weighted by Gasteiger charge is 2.08. The Morgan fingerprint density at radius 2 is 2.15 bits per heavy atom. The molecule has 4 heteroatoms. The summed E-state index contributed by atoms with van der Waals surface area (Å²) in [6.45, 7) is 0. The highest BCUT2D eigenvalue weighted by atomic mass is 35.5. The fraction of sp³-hybridized carbons (Fsp3) is 0.333. The highest BCUT2D eigenvalue weighted by Crippen LogP contribution is 2.21. The maximum atomic E-state index is 11.0. The molecule has 0 bridgehead atoms. The molecule has 1 aromatic carbocycles. The lowest BCUT2D eigenvalue weighted by molar-refractivity contribution is -0.117. The third kappa shape index (κ3) is 3.16. The van der Waals surface area contributed by atoms with Crippen molar-refractivity contribution in [2.24, 2.45) is 0 Å². The van der Waals surface area contributed by atoms with Crippen LogP contribution < -0.4 is 0 Å². The van der Waals surface area contributed by atoms with Crippen molar-refractivity contribution in [2.75, 3.05) is 7.11 Å². The minimum Gasteiger partial charge on any atom is -0.353 e. The monoisotopic (exact) mass is 219 g/mol. The van der Waals surface area contributed by atoms with Crippen LogP contribution in [0.3, 0.4) is 0 Å². The van der Waals surface area contributed by atoms with Crippen LogP contribution in [0.25, 0.3) is 0 Å². The van der Waals surface area contributed by atoms with Crippen molar-refractivity contribution >= 4 is 23.2 Å². The minimum absolute atomic E-state index is 0.232. The van der Waals surface area contributed by atoms with E-state index in [0.717, 1.165) is 5.56 Å². The minimum atomic E-state index is -1.09. The second-order valence-corrected chi connectivity index (χ2v) is 3.45. The lowest BCUT2D eigenvalue weighted by Crippen LogP contribution is -2.10. The molecule has 2 nitrogen and oxygen atoms in total. The van der Waals surface area contributed by atoms with Gasteiger partial charge in [0, 0.05) is 23.6 Å². The largest absolute Gasteiger partial charge is 0.353 e. The molecule has 0 fully saturated rings. The van der Waals surface area contributed by atoms with Crippen LogP contribution in [-0.2, 0) is 16.3 Å². The van der Waals surface area contributed by atoms with E-state index in [9.17, 15) is 5.11 Å². The molecule has 0 saturated carbocycles. The van der Waals surface area contributed by atoms with Crippen molar-refractivity contribution in [2.45, 2.75) is 12.7 Å². The van der Waals surface area contributed by atoms with Gasteiger partial charge in [-0.15, -0.1) is 0 Å². The van der Waals surface area contributed by atoms with Gasteiger partial charge in [0.05, 0.1) is 0 Å². The molecular formula is C9H9Cl2O2. The van der Waals surface area contributed by atoms with Gasteiger partial charge in [-0.25, -0.2) is 5.11 Å². The summed E-state index contributed by atoms with van der Waals surface area (Å²) in [5, 5.41) is 12.1. The second kappa shape index (κ2) is 4.82. The van der Waals surface area contributed by atoms with Gasteiger partial charge in [-0.3, -0.25) is 0 Å². The van der Waals surface area contributed by atoms with Gasteiger partial charge in [0.2, 0.25) is 0 Å². The fourth-order valence-corrected chi connectivity index (χ4v) is 1.35. The van der Waals surface area contributed by atoms with Crippen molar-refractivity contribution in [3.63, 3.8) is 0 Å². The number of ether oxygens (including phenoxy) is 1. The Balaban J connectivity index is 2.81. The van der Waals surface area contributed by atoms with Gasteiger partial charge < -0.3 is 4.74 Å². The maximum Gasteiger partial charge on any atom is 0.195 e. The first kappa shape index (κ1) is 10.8. The molecule has 1 radical (unpaired) electrons. The van der Waals surface area contributed by atoms with Gasteiger partial charge in [0.15, 0.2) is 6.29 Å². The van der Waals surface area contributed by atoms with Crippen LogP contribution in [0, 0.1) is 0 Å². The molecule has 71 valence electrons. The van der Waals surface area contributed by atoms with Crippen molar-refractivity contribution in [3.05, 3.63) is 33.8 Å². The predicted molar refractivity (Wildman–Crippen MR) is 51.6 cm³/mol. The molecule has 1 aromatic rings. The first-order chi connectivity index (χ1) is 6.13. The zero-order valence-corrected chi connectivity index (χ0v) is 8.60. The smallest absolute Gasteiger partial charge is 0.195 e. The Morgan fingerprint density at radius 3 is 2.77 bits per heavy atom. The van der Waals surface area contributed by atoms with Crippen LogP contribution in [0.4, 0.5) is 0 Å². The molecule has 0 aliphatic rings. The van der Waals surface area contributed by atoms with Crippen molar-refractivity contribution < 1.29 is 9.84 Å². The van der Waals surface area contributed by atoms with Gasteiger partial charge >= 0.3 is 0 Å². The molecule has 0 saturated heterocycles. The van der Waals surface area contributed by atoms with E-state index in [0.29, 0.717) is 10.0 Å². The van der Waals surface area contributed by atoms with E-state index in [1.807, 2.05) is 0 Å². The first-order valence-electron chi connectivity index (χ1n) is 3.76. The molecule has 0 amide bonds. The number of rotatable bonds is 3. The Labute approximate surface area is 87.0 Å². The average Bonchev–Trinajstić information content (AvgIpc) is 2.11. The van der Waals surface area contributed by atoms with E-state index in [1.165, 1.54) is 7.11 Å². The Bertz CT molecular complexity index is 289. The molecule has 0 heterocycles. The quantitative estimate of drug-likeness (QED) is 0.720. The lowest BCUT2D eigenvalue weighted by atomic mass is 10.1. The molecule has 0 N–H and O–H groups in total. The Hall–Kier alpha value is -0.280. The van der Waals surface area contributed by atoms with Gasteiger partial charge in [0.25, 0.3) is 0 Å². The molecule has 1 rings (SSSR count). The van der Waals surface area contributed by atoms with Crippen LogP contribution >= 0.6 is 23.2 Å². The van der Waals surface area contributed by atoms with E-state index in [1.54, 1.807) is 18.2 Å². The normalized spacial score (nSPS) is 12.9. The molecule has 13 heavy (non-hydrogen) atoms. The second-order valence-electron chi connectivity index (χ2n) is 2.61. The van der Waals surface area contributed by atoms with Crippen LogP contribution in [0.15, 0.2) is 18.2 Å². The Kier molecular flexibility index (Phi) is 4.00. The summed E-state index contributed by atoms with van der Waals surface area (Å²) in [6, 6.07) is 5.02. The van der Waals surface area contributed by atoms with Crippen molar-refractivity contribution in [3.8, 4) is 0 Å². The summed E-state index contributed by atoms with van der Waals surface area (Å²) in [5.74, 6) is 0. The van der Waals surface area contributed by atoms with Gasteiger partial charge in [-0.1, -0.05) is 23.2 Å². The number of hydrogen-bond donors (Lipinski definition) is 0. The fourth-order valence-electron chi connectivity index (χ4n) is 0.963. The third-order valence-corrected chi connectivity index (χ3v) is 2.26. The summed E-state index contributed by atoms with van der Waals surface area (Å²) in [7, 11) is 1.37. The predicted octanol–water partition coefficient (Wildman–Crippen LogP) is 2.94. The van der Waals surface area contributed by atoms with Crippen LogP contribution in [0.2, 0.25) is 10.0 Å². The van der Waals surface area contributed by atoms with E-state index in [2.05, 4.69) is 4.74 Å². The molecular weight excluding hydrogens is 211 g/mol. The first-order valence-corrected chi connectivity index (χ1v) is 4.51. The van der Waals surface area contributed by atoms with Crippen molar-refractivity contribution in [1.82, 2.24) is 0 Å². The summed E-state index contributed by atoms with van der Waals surface area (Å²) in [6.07, 6.45) is -0.855. The number of methoxy groups -OCH3 is 1. The van der Waals surface area contributed by atoms with Crippen LogP contribution in [0.1, 0.15) is 5.56 Å². The van der Waals surface area contributed by atoms with E-state index in [-0.39, 0.29) is 6.42 Å². The van der Waals surface area contributed by atoms with Crippen LogP contribution in [-0.4, -0.2) is 13.4 Å². The zero-order chi connectivity index (χ0) is 9.84. The third-order valence-electron chi connectivity index (χ3n) is 1.66. The summed E-state index contributed by atoms with van der Waals surface area (Å²) < 4.78 is 4.59. The maximum absolute atomic E-state index is 11.0. The molecule has 1 unspecified atom stereocenters. The molecule has 1 atom stereocenters. The zero-order valence-electron chi connectivity index (χ0n) is 7.09. The number of halogens is 2. The summed E-state index contributed by atoms with van der Waals surface area (Å²) in [4.78, 5) is 0. The van der Waals surface area contributed by atoms with Crippen molar-refractivity contribution in [1.29, 1.82) is 0 Å². The molecule has 0 aliphatic carbocycles. The van der Waals surface area contributed by atoms with Gasteiger partial charge in [-0.05, 0) is 23.8 Å². The van der Waals surface area contributed by atoms with Crippen LogP contribution in [0.5, 0.6) is 0 Å². The van der Waals surface area contributed by atoms with Gasteiger partial charge in [0.1, 0.15) is 0 Å². The lowest BCUT2D eigenvalue weighted by Gasteiger charge is -2.07. The molecule has 0 aromatic heterocycles. The molecule has 0 spiro atoms. The number of benzene rings is 1. The summed E-state index contributed by atoms with van der Waals surface area (Å²) in [5.41, 5.74) is 0.719. The number of hydrogen-bond acceptors (Lipinski definition) is 1. The Morgan fingerprint density at radius 1 is 1.46 bits per heavy atom.